The first kappa shape index (κ1) is 7.70. The van der Waals surface area contributed by atoms with Crippen molar-refractivity contribution < 1.29 is 0 Å². The highest BCUT2D eigenvalue weighted by atomic mass is 35.5. The Morgan fingerprint density at radius 3 is 2.40 bits per heavy atom. The van der Waals surface area contributed by atoms with Crippen LogP contribution in [0.25, 0.3) is 5.32 Å². The first-order valence-corrected chi connectivity index (χ1v) is 3.54. The number of hydrogen-bond donors (Lipinski definition) is 0. The van der Waals surface area contributed by atoms with Crippen LogP contribution in [-0.4, -0.2) is 7.05 Å². The molecule has 1 rings (SSSR count). The molecule has 0 aliphatic heterocycles. The summed E-state index contributed by atoms with van der Waals surface area (Å²) in [6.45, 7) is 0. The number of nitrogens with zero attached hydrogens (tertiary/aromatic N) is 1. The van der Waals surface area contributed by atoms with Crippen LogP contribution >= 0.6 is 23.2 Å². The average molecular weight is 175 g/mol. The summed E-state index contributed by atoms with van der Waals surface area (Å²) >= 11 is 11.4. The van der Waals surface area contributed by atoms with E-state index in [0.717, 1.165) is 5.69 Å². The van der Waals surface area contributed by atoms with Gasteiger partial charge in [0.15, 0.2) is 0 Å². The van der Waals surface area contributed by atoms with Gasteiger partial charge in [-0.1, -0.05) is 35.3 Å². The summed E-state index contributed by atoms with van der Waals surface area (Å²) in [6.07, 6.45) is 0. The molecular weight excluding hydrogens is 169 g/mol. The predicted molar refractivity (Wildman–Crippen MR) is 45.4 cm³/mol. The molecule has 0 radical (unpaired) electrons. The van der Waals surface area contributed by atoms with Gasteiger partial charge in [0, 0.05) is 0 Å². The molecule has 10 heavy (non-hydrogen) atoms. The summed E-state index contributed by atoms with van der Waals surface area (Å²) in [5, 5.41) is 5.04. The van der Waals surface area contributed by atoms with Gasteiger partial charge in [0.1, 0.15) is 0 Å². The summed E-state index contributed by atoms with van der Waals surface area (Å²) in [6, 6.07) is 5.27. The molecule has 0 saturated heterocycles. The maximum atomic E-state index is 5.70. The molecule has 0 aliphatic rings. The largest absolute Gasteiger partial charge is 0.687 e. The van der Waals surface area contributed by atoms with Crippen LogP contribution in [0.4, 0.5) is 5.69 Å². The molecule has 0 fully saturated rings. The second-order valence-electron chi connectivity index (χ2n) is 1.82. The molecule has 0 saturated carbocycles. The van der Waals surface area contributed by atoms with Crippen molar-refractivity contribution in [2.75, 3.05) is 7.05 Å². The van der Waals surface area contributed by atoms with Crippen molar-refractivity contribution in [1.82, 2.24) is 0 Å². The third kappa shape index (κ3) is 1.55. The van der Waals surface area contributed by atoms with Gasteiger partial charge in [0.2, 0.25) is 0 Å². The summed E-state index contributed by atoms with van der Waals surface area (Å²) in [4.78, 5) is 0. The highest BCUT2D eigenvalue weighted by Gasteiger charge is 1.91. The van der Waals surface area contributed by atoms with Gasteiger partial charge in [-0.3, -0.25) is 0 Å². The van der Waals surface area contributed by atoms with Crippen LogP contribution < -0.4 is 0 Å². The minimum atomic E-state index is 0.546. The molecule has 0 spiro atoms. The third-order valence-electron chi connectivity index (χ3n) is 1.16. The molecule has 0 heterocycles. The quantitative estimate of drug-likeness (QED) is 0.618. The van der Waals surface area contributed by atoms with Gasteiger partial charge in [-0.15, -0.1) is 12.7 Å². The zero-order valence-corrected chi connectivity index (χ0v) is 6.95. The van der Waals surface area contributed by atoms with Gasteiger partial charge in [-0.2, -0.15) is 0 Å². The molecule has 0 aliphatic carbocycles. The first-order chi connectivity index (χ1) is 4.74. The zero-order valence-electron chi connectivity index (χ0n) is 5.44. The van der Waals surface area contributed by atoms with Gasteiger partial charge in [-0.05, 0) is 6.07 Å². The molecule has 1 nitrogen and oxygen atoms in total. The highest BCUT2D eigenvalue weighted by molar-refractivity contribution is 6.42. The lowest BCUT2D eigenvalue weighted by Crippen LogP contribution is -1.68. The van der Waals surface area contributed by atoms with Crippen molar-refractivity contribution in [3.05, 3.63) is 33.6 Å². The molecule has 0 aromatic heterocycles. The number of rotatable bonds is 1. The van der Waals surface area contributed by atoms with Crippen molar-refractivity contribution in [3.8, 4) is 0 Å². The normalized spacial score (nSPS) is 9.50. The fraction of sp³-hybridized carbons (Fsp3) is 0.143. The maximum absolute atomic E-state index is 5.70. The highest BCUT2D eigenvalue weighted by Crippen LogP contribution is 2.27. The number of hydrogen-bond acceptors (Lipinski definition) is 0. The molecule has 1 aromatic rings. The minimum Gasteiger partial charge on any atom is -0.687 e. The van der Waals surface area contributed by atoms with Crippen LogP contribution in [0.5, 0.6) is 0 Å². The fourth-order valence-corrected chi connectivity index (χ4v) is 0.916. The van der Waals surface area contributed by atoms with E-state index in [-0.39, 0.29) is 0 Å². The summed E-state index contributed by atoms with van der Waals surface area (Å²) in [7, 11) is 1.71. The molecular formula is C7H6Cl2N-. The second-order valence-corrected chi connectivity index (χ2v) is 2.64. The van der Waals surface area contributed by atoms with Gasteiger partial charge >= 0.3 is 0 Å². The van der Waals surface area contributed by atoms with Crippen molar-refractivity contribution >= 4 is 28.9 Å². The van der Waals surface area contributed by atoms with E-state index < -0.39 is 0 Å². The SMILES string of the molecule is C[N-]c1ccc(Cl)c(Cl)c1. The summed E-state index contributed by atoms with van der Waals surface area (Å²) in [5.41, 5.74) is 0.842. The topological polar surface area (TPSA) is 14.1 Å². The van der Waals surface area contributed by atoms with E-state index in [4.69, 9.17) is 23.2 Å². The minimum absolute atomic E-state index is 0.546. The second kappa shape index (κ2) is 3.13. The van der Waals surface area contributed by atoms with E-state index in [1.54, 1.807) is 19.2 Å². The molecule has 0 atom stereocenters. The Bertz CT molecular complexity index is 235. The molecule has 0 amide bonds. The number of benzene rings is 1. The van der Waals surface area contributed by atoms with Crippen molar-refractivity contribution in [3.63, 3.8) is 0 Å². The molecule has 54 valence electrons. The van der Waals surface area contributed by atoms with Crippen molar-refractivity contribution in [2.45, 2.75) is 0 Å². The van der Waals surface area contributed by atoms with Gasteiger partial charge in [0.05, 0.1) is 10.0 Å². The molecule has 0 bridgehead atoms. The van der Waals surface area contributed by atoms with Crippen LogP contribution in [0.15, 0.2) is 18.2 Å². The van der Waals surface area contributed by atoms with Gasteiger partial charge < -0.3 is 5.32 Å². The van der Waals surface area contributed by atoms with E-state index >= 15 is 0 Å². The Morgan fingerprint density at radius 1 is 1.20 bits per heavy atom. The van der Waals surface area contributed by atoms with Crippen LogP contribution in [0.1, 0.15) is 0 Å². The Morgan fingerprint density at radius 2 is 1.90 bits per heavy atom. The molecule has 0 N–H and O–H groups in total. The Hall–Kier alpha value is -0.400. The maximum Gasteiger partial charge on any atom is 0.0591 e. The van der Waals surface area contributed by atoms with Crippen LogP contribution in [0.2, 0.25) is 10.0 Å². The van der Waals surface area contributed by atoms with Crippen LogP contribution in [0.3, 0.4) is 0 Å². The third-order valence-corrected chi connectivity index (χ3v) is 1.90. The van der Waals surface area contributed by atoms with Gasteiger partial charge in [-0.25, -0.2) is 0 Å². The van der Waals surface area contributed by atoms with Crippen molar-refractivity contribution in [2.24, 2.45) is 0 Å². The molecule has 0 unspecified atom stereocenters. The standard InChI is InChI=1S/C7H6Cl2N/c1-10-5-2-3-6(8)7(9)4-5/h2-4H,1H3/q-1. The zero-order chi connectivity index (χ0) is 7.56. The van der Waals surface area contributed by atoms with Crippen LogP contribution in [-0.2, 0) is 0 Å². The van der Waals surface area contributed by atoms with Gasteiger partial charge in [0.25, 0.3) is 0 Å². The smallest absolute Gasteiger partial charge is 0.0591 e. The lowest BCUT2D eigenvalue weighted by molar-refractivity contribution is 1.62. The number of halogens is 2. The summed E-state index contributed by atoms with van der Waals surface area (Å²) < 4.78 is 0. The lowest BCUT2D eigenvalue weighted by atomic mass is 10.3. The average Bonchev–Trinajstić information content (AvgIpc) is 1.95. The monoisotopic (exact) mass is 174 g/mol. The first-order valence-electron chi connectivity index (χ1n) is 2.79. The van der Waals surface area contributed by atoms with E-state index in [1.165, 1.54) is 0 Å². The van der Waals surface area contributed by atoms with E-state index in [9.17, 15) is 0 Å². The van der Waals surface area contributed by atoms with Crippen LogP contribution in [0, 0.1) is 0 Å². The summed E-state index contributed by atoms with van der Waals surface area (Å²) in [5.74, 6) is 0. The Balaban J connectivity index is 3.04. The Labute approximate surface area is 70.0 Å². The Kier molecular flexibility index (Phi) is 2.41. The molecule has 1 aromatic carbocycles. The van der Waals surface area contributed by atoms with E-state index in [2.05, 4.69) is 5.32 Å². The fourth-order valence-electron chi connectivity index (χ4n) is 0.624. The van der Waals surface area contributed by atoms with E-state index in [0.29, 0.717) is 10.0 Å². The van der Waals surface area contributed by atoms with E-state index in [1.807, 2.05) is 6.07 Å². The lowest BCUT2D eigenvalue weighted by Gasteiger charge is -2.13. The predicted octanol–water partition coefficient (Wildman–Crippen LogP) is 3.63. The molecule has 3 heteroatoms. The van der Waals surface area contributed by atoms with Crippen molar-refractivity contribution in [1.29, 1.82) is 0 Å².